The molecule has 2 aromatic rings. The number of hydrogen-bond donors (Lipinski definition) is 1. The molecule has 0 aliphatic carbocycles. The van der Waals surface area contributed by atoms with Crippen molar-refractivity contribution in [2.45, 2.75) is 43.5 Å². The van der Waals surface area contributed by atoms with E-state index in [2.05, 4.69) is 14.7 Å². The molecule has 4 rings (SSSR count). The molecule has 9 heteroatoms. The van der Waals surface area contributed by atoms with Gasteiger partial charge in [0.1, 0.15) is 0 Å². The predicted octanol–water partition coefficient (Wildman–Crippen LogP) is 1.72. The molecule has 2 aliphatic rings. The van der Waals surface area contributed by atoms with Crippen LogP contribution in [0.1, 0.15) is 31.7 Å². The van der Waals surface area contributed by atoms with Crippen molar-refractivity contribution in [2.75, 3.05) is 29.4 Å². The van der Waals surface area contributed by atoms with Crippen molar-refractivity contribution in [1.82, 2.24) is 14.7 Å². The van der Waals surface area contributed by atoms with Gasteiger partial charge in [0.25, 0.3) is 0 Å². The van der Waals surface area contributed by atoms with Gasteiger partial charge in [-0.05, 0) is 55.5 Å². The third-order valence-electron chi connectivity index (χ3n) is 5.44. The Hall–Kier alpha value is -2.52. The zero-order chi connectivity index (χ0) is 20.4. The van der Waals surface area contributed by atoms with Crippen LogP contribution >= 0.6 is 0 Å². The van der Waals surface area contributed by atoms with Gasteiger partial charge in [0.15, 0.2) is 0 Å². The topological polar surface area (TPSA) is 95.5 Å². The van der Waals surface area contributed by atoms with Crippen molar-refractivity contribution in [3.05, 3.63) is 42.2 Å². The number of benzene rings is 1. The highest BCUT2D eigenvalue weighted by atomic mass is 32.2. The summed E-state index contributed by atoms with van der Waals surface area (Å²) in [7, 11) is -3.66. The standard InChI is InChI=1S/C20H25N5O3S/c1-15(26)25-12-2-5-16-13-18(7-8-19(16)25)29(27,28)23-17-6-3-11-24(14-17)20-21-9-4-10-22-20/h4,7-10,13,17,23H,2-3,5-6,11-12,14H2,1H3. The Morgan fingerprint density at radius 3 is 2.72 bits per heavy atom. The molecule has 1 N–H and O–H groups in total. The Morgan fingerprint density at radius 2 is 1.97 bits per heavy atom. The van der Waals surface area contributed by atoms with Gasteiger partial charge in [-0.25, -0.2) is 23.1 Å². The predicted molar refractivity (Wildman–Crippen MR) is 110 cm³/mol. The normalized spacial score (nSPS) is 19.7. The minimum Gasteiger partial charge on any atom is -0.339 e. The Balaban J connectivity index is 1.51. The smallest absolute Gasteiger partial charge is 0.240 e. The number of rotatable bonds is 4. The van der Waals surface area contributed by atoms with Crippen molar-refractivity contribution in [3.63, 3.8) is 0 Å². The van der Waals surface area contributed by atoms with Gasteiger partial charge < -0.3 is 9.80 Å². The molecule has 2 aliphatic heterocycles. The maximum atomic E-state index is 13.0. The van der Waals surface area contributed by atoms with E-state index in [1.807, 2.05) is 4.90 Å². The molecule has 154 valence electrons. The fourth-order valence-corrected chi connectivity index (χ4v) is 5.38. The first-order valence-electron chi connectivity index (χ1n) is 9.89. The molecule has 1 aromatic heterocycles. The van der Waals surface area contributed by atoms with Crippen LogP contribution in [0.5, 0.6) is 0 Å². The molecule has 29 heavy (non-hydrogen) atoms. The zero-order valence-electron chi connectivity index (χ0n) is 16.4. The molecule has 1 atom stereocenters. The SMILES string of the molecule is CC(=O)N1CCCc2cc(S(=O)(=O)NC3CCCN(c4ncccn4)C3)ccc21. The van der Waals surface area contributed by atoms with Gasteiger partial charge in [-0.15, -0.1) is 0 Å². The molecule has 1 aromatic carbocycles. The van der Waals surface area contributed by atoms with E-state index in [-0.39, 0.29) is 16.8 Å². The van der Waals surface area contributed by atoms with Crippen LogP contribution in [0, 0.1) is 0 Å². The number of fused-ring (bicyclic) bond motifs is 1. The molecule has 1 saturated heterocycles. The molecule has 1 amide bonds. The molecule has 1 unspecified atom stereocenters. The zero-order valence-corrected chi connectivity index (χ0v) is 17.2. The summed E-state index contributed by atoms with van der Waals surface area (Å²) >= 11 is 0. The van der Waals surface area contributed by atoms with Crippen LogP contribution in [0.25, 0.3) is 0 Å². The van der Waals surface area contributed by atoms with Crippen molar-refractivity contribution in [2.24, 2.45) is 0 Å². The fraction of sp³-hybridized carbons (Fsp3) is 0.450. The third-order valence-corrected chi connectivity index (χ3v) is 6.96. The highest BCUT2D eigenvalue weighted by molar-refractivity contribution is 7.89. The van der Waals surface area contributed by atoms with Gasteiger partial charge in [-0.2, -0.15) is 0 Å². The van der Waals surface area contributed by atoms with Crippen molar-refractivity contribution in [1.29, 1.82) is 0 Å². The van der Waals surface area contributed by atoms with E-state index in [1.165, 1.54) is 6.92 Å². The summed E-state index contributed by atoms with van der Waals surface area (Å²) < 4.78 is 28.9. The summed E-state index contributed by atoms with van der Waals surface area (Å²) in [6.45, 7) is 3.55. The van der Waals surface area contributed by atoms with Gasteiger partial charge >= 0.3 is 0 Å². The maximum absolute atomic E-state index is 13.0. The average molecular weight is 416 g/mol. The van der Waals surface area contributed by atoms with Crippen LogP contribution in [0.2, 0.25) is 0 Å². The molecule has 0 radical (unpaired) electrons. The van der Waals surface area contributed by atoms with Gasteiger partial charge in [0.05, 0.1) is 4.90 Å². The van der Waals surface area contributed by atoms with E-state index in [1.54, 1.807) is 41.6 Å². The summed E-state index contributed by atoms with van der Waals surface area (Å²) in [5.41, 5.74) is 1.71. The first kappa shape index (κ1) is 19.8. The minimum atomic E-state index is -3.66. The first-order chi connectivity index (χ1) is 13.9. The van der Waals surface area contributed by atoms with E-state index in [4.69, 9.17) is 0 Å². The summed E-state index contributed by atoms with van der Waals surface area (Å²) in [6.07, 6.45) is 6.61. The number of carbonyl (C=O) groups is 1. The van der Waals surface area contributed by atoms with Crippen LogP contribution < -0.4 is 14.5 Å². The number of aromatic nitrogens is 2. The van der Waals surface area contributed by atoms with Crippen molar-refractivity contribution < 1.29 is 13.2 Å². The van der Waals surface area contributed by atoms with Crippen LogP contribution in [0.15, 0.2) is 41.6 Å². The number of carbonyl (C=O) groups excluding carboxylic acids is 1. The number of sulfonamides is 1. The number of anilines is 2. The Morgan fingerprint density at radius 1 is 1.17 bits per heavy atom. The number of piperidine rings is 1. The second kappa shape index (κ2) is 8.08. The summed E-state index contributed by atoms with van der Waals surface area (Å²) in [5.74, 6) is 0.597. The molecule has 8 nitrogen and oxygen atoms in total. The van der Waals surface area contributed by atoms with E-state index in [0.29, 0.717) is 19.0 Å². The Labute approximate surface area is 171 Å². The van der Waals surface area contributed by atoms with Gasteiger partial charge in [0.2, 0.25) is 21.9 Å². The largest absolute Gasteiger partial charge is 0.339 e. The van der Waals surface area contributed by atoms with Crippen LogP contribution in [-0.2, 0) is 21.2 Å². The molecule has 0 saturated carbocycles. The fourth-order valence-electron chi connectivity index (χ4n) is 4.06. The first-order valence-corrected chi connectivity index (χ1v) is 11.4. The number of nitrogens with zero attached hydrogens (tertiary/aromatic N) is 4. The van der Waals surface area contributed by atoms with E-state index < -0.39 is 10.0 Å². The van der Waals surface area contributed by atoms with E-state index in [0.717, 1.165) is 43.5 Å². The van der Waals surface area contributed by atoms with Gasteiger partial charge in [-0.1, -0.05) is 0 Å². The third kappa shape index (κ3) is 4.25. The lowest BCUT2D eigenvalue weighted by Crippen LogP contribution is -2.48. The maximum Gasteiger partial charge on any atom is 0.240 e. The van der Waals surface area contributed by atoms with Gasteiger partial charge in [-0.3, -0.25) is 4.79 Å². The van der Waals surface area contributed by atoms with E-state index >= 15 is 0 Å². The van der Waals surface area contributed by atoms with Crippen LogP contribution in [-0.4, -0.2) is 50.0 Å². The number of aryl methyl sites for hydroxylation is 1. The van der Waals surface area contributed by atoms with Gasteiger partial charge in [0, 0.05) is 50.7 Å². The summed E-state index contributed by atoms with van der Waals surface area (Å²) in [5, 5.41) is 0. The molecule has 0 spiro atoms. The van der Waals surface area contributed by atoms with Crippen molar-refractivity contribution in [3.8, 4) is 0 Å². The lowest BCUT2D eigenvalue weighted by Gasteiger charge is -2.33. The molecular formula is C20H25N5O3S. The number of amides is 1. The second-order valence-electron chi connectivity index (χ2n) is 7.52. The average Bonchev–Trinajstić information content (AvgIpc) is 2.73. The highest BCUT2D eigenvalue weighted by Crippen LogP contribution is 2.29. The van der Waals surface area contributed by atoms with E-state index in [9.17, 15) is 13.2 Å². The van der Waals surface area contributed by atoms with Crippen molar-refractivity contribution >= 4 is 27.6 Å². The quantitative estimate of drug-likeness (QED) is 0.817. The highest BCUT2D eigenvalue weighted by Gasteiger charge is 2.28. The summed E-state index contributed by atoms with van der Waals surface area (Å²) in [4.78, 5) is 24.3. The lowest BCUT2D eigenvalue weighted by molar-refractivity contribution is -0.116. The lowest BCUT2D eigenvalue weighted by atomic mass is 10.0. The monoisotopic (exact) mass is 415 g/mol. The number of hydrogen-bond acceptors (Lipinski definition) is 6. The number of nitrogens with one attached hydrogen (secondary N) is 1. The summed E-state index contributed by atoms with van der Waals surface area (Å²) in [6, 6.07) is 6.59. The van der Waals surface area contributed by atoms with Crippen LogP contribution in [0.4, 0.5) is 11.6 Å². The van der Waals surface area contributed by atoms with Crippen LogP contribution in [0.3, 0.4) is 0 Å². The second-order valence-corrected chi connectivity index (χ2v) is 9.23. The molecule has 3 heterocycles. The molecule has 0 bridgehead atoms. The molecule has 1 fully saturated rings. The Bertz CT molecular complexity index is 996. The minimum absolute atomic E-state index is 0.0230. The Kier molecular flexibility index (Phi) is 5.51. The molecular weight excluding hydrogens is 390 g/mol.